The largest absolute Gasteiger partial charge is 0.486 e. The van der Waals surface area contributed by atoms with E-state index >= 15 is 0 Å². The fraction of sp³-hybridized carbons (Fsp3) is 0.250. The van der Waals surface area contributed by atoms with Crippen LogP contribution in [0.4, 0.5) is 8.78 Å². The highest BCUT2D eigenvalue weighted by molar-refractivity contribution is 7.99. The zero-order valence-electron chi connectivity index (χ0n) is 13.2. The molecule has 0 saturated carbocycles. The Morgan fingerprint density at radius 3 is 2.36 bits per heavy atom. The summed E-state index contributed by atoms with van der Waals surface area (Å²) in [7, 11) is -3.59. The number of benzene rings is 2. The molecule has 3 N–H and O–H groups in total. The highest BCUT2D eigenvalue weighted by Crippen LogP contribution is 2.28. The lowest BCUT2D eigenvalue weighted by molar-refractivity contribution is 0.293. The number of rotatable bonds is 9. The van der Waals surface area contributed by atoms with Gasteiger partial charge in [-0.15, -0.1) is 11.8 Å². The van der Waals surface area contributed by atoms with Crippen molar-refractivity contribution in [2.24, 2.45) is 5.73 Å². The van der Waals surface area contributed by atoms with Crippen LogP contribution >= 0.6 is 11.8 Å². The third kappa shape index (κ3) is 5.67. The van der Waals surface area contributed by atoms with Crippen LogP contribution in [-0.2, 0) is 10.0 Å². The minimum atomic E-state index is -3.59. The molecular weight excluding hydrogens is 370 g/mol. The molecule has 0 aliphatic heterocycles. The second-order valence-electron chi connectivity index (χ2n) is 4.91. The highest BCUT2D eigenvalue weighted by atomic mass is 32.2. The van der Waals surface area contributed by atoms with E-state index in [1.165, 1.54) is 12.1 Å². The van der Waals surface area contributed by atoms with E-state index in [1.807, 2.05) is 0 Å². The van der Waals surface area contributed by atoms with E-state index in [2.05, 4.69) is 4.72 Å². The molecule has 0 aliphatic rings. The third-order valence-corrected chi connectivity index (χ3v) is 5.51. The molecule has 2 aromatic carbocycles. The fourth-order valence-electron chi connectivity index (χ4n) is 1.95. The minimum Gasteiger partial charge on any atom is -0.486 e. The highest BCUT2D eigenvalue weighted by Gasteiger charge is 2.14. The van der Waals surface area contributed by atoms with Gasteiger partial charge < -0.3 is 10.5 Å². The van der Waals surface area contributed by atoms with Gasteiger partial charge in [0, 0.05) is 23.7 Å². The van der Waals surface area contributed by atoms with Gasteiger partial charge in [0.25, 0.3) is 0 Å². The summed E-state index contributed by atoms with van der Waals surface area (Å²) in [6.45, 7) is 0.287. The number of hydrogen-bond donors (Lipinski definition) is 2. The van der Waals surface area contributed by atoms with Gasteiger partial charge in [-0.25, -0.2) is 21.9 Å². The summed E-state index contributed by atoms with van der Waals surface area (Å²) in [4.78, 5) is 0.507. The molecule has 0 aromatic heterocycles. The first-order chi connectivity index (χ1) is 11.9. The summed E-state index contributed by atoms with van der Waals surface area (Å²) in [5, 5.41) is 0. The van der Waals surface area contributed by atoms with Crippen LogP contribution in [0, 0.1) is 11.6 Å². The zero-order chi connectivity index (χ0) is 18.3. The maximum Gasteiger partial charge on any atom is 0.240 e. The number of nitrogens with one attached hydrogen (secondary N) is 1. The van der Waals surface area contributed by atoms with Gasteiger partial charge in [-0.1, -0.05) is 18.2 Å². The monoisotopic (exact) mass is 388 g/mol. The molecule has 2 rings (SSSR count). The molecule has 0 bridgehead atoms. The van der Waals surface area contributed by atoms with Gasteiger partial charge in [-0.2, -0.15) is 0 Å². The Balaban J connectivity index is 1.90. The van der Waals surface area contributed by atoms with Crippen LogP contribution in [0.1, 0.15) is 0 Å². The Kier molecular flexibility index (Phi) is 7.18. The van der Waals surface area contributed by atoms with Crippen molar-refractivity contribution in [2.45, 2.75) is 9.79 Å². The van der Waals surface area contributed by atoms with Crippen molar-refractivity contribution < 1.29 is 21.9 Å². The summed E-state index contributed by atoms with van der Waals surface area (Å²) in [6, 6.07) is 10.2. The molecule has 0 radical (unpaired) electrons. The first kappa shape index (κ1) is 19.6. The van der Waals surface area contributed by atoms with Crippen LogP contribution < -0.4 is 15.2 Å². The summed E-state index contributed by atoms with van der Waals surface area (Å²) in [6.07, 6.45) is 0. The first-order valence-electron chi connectivity index (χ1n) is 7.43. The molecule has 0 aliphatic carbocycles. The molecule has 9 heteroatoms. The lowest BCUT2D eigenvalue weighted by Gasteiger charge is -2.10. The van der Waals surface area contributed by atoms with Crippen LogP contribution in [0.25, 0.3) is 0 Å². The van der Waals surface area contributed by atoms with E-state index in [9.17, 15) is 17.2 Å². The second-order valence-corrected chi connectivity index (χ2v) is 7.85. The molecule has 0 heterocycles. The van der Waals surface area contributed by atoms with Crippen molar-refractivity contribution >= 4 is 21.8 Å². The normalized spacial score (nSPS) is 11.5. The van der Waals surface area contributed by atoms with Gasteiger partial charge >= 0.3 is 0 Å². The molecule has 0 saturated heterocycles. The van der Waals surface area contributed by atoms with Crippen molar-refractivity contribution in [3.8, 4) is 5.75 Å². The Labute approximate surface area is 149 Å². The Bertz CT molecular complexity index is 779. The fourth-order valence-corrected chi connectivity index (χ4v) is 3.94. The van der Waals surface area contributed by atoms with Crippen molar-refractivity contribution in [2.75, 3.05) is 25.4 Å². The molecule has 25 heavy (non-hydrogen) atoms. The maximum atomic E-state index is 13.8. The van der Waals surface area contributed by atoms with Crippen LogP contribution in [0.2, 0.25) is 0 Å². The predicted octanol–water partition coefficient (Wildman–Crippen LogP) is 2.37. The standard InChI is InChI=1S/C16H18F2N2O3S2/c17-14-10-12(11-15(18)16(14)23-8-6-19)24-9-7-20-25(21,22)13-4-2-1-3-5-13/h1-5,10-11,20H,6-9,19H2. The Hall–Kier alpha value is -1.68. The van der Waals surface area contributed by atoms with Gasteiger partial charge in [0.15, 0.2) is 17.4 Å². The van der Waals surface area contributed by atoms with Crippen LogP contribution in [0.15, 0.2) is 52.3 Å². The summed E-state index contributed by atoms with van der Waals surface area (Å²) in [5.41, 5.74) is 5.23. The van der Waals surface area contributed by atoms with E-state index in [0.29, 0.717) is 10.6 Å². The topological polar surface area (TPSA) is 81.4 Å². The average Bonchev–Trinajstić information content (AvgIpc) is 2.59. The average molecular weight is 388 g/mol. The molecule has 136 valence electrons. The summed E-state index contributed by atoms with van der Waals surface area (Å²) < 4.78 is 59.1. The van der Waals surface area contributed by atoms with E-state index in [0.717, 1.165) is 23.9 Å². The minimum absolute atomic E-state index is 0.0155. The van der Waals surface area contributed by atoms with Gasteiger partial charge in [0.1, 0.15) is 6.61 Å². The molecule has 0 unspecified atom stereocenters. The zero-order valence-corrected chi connectivity index (χ0v) is 14.9. The van der Waals surface area contributed by atoms with E-state index in [4.69, 9.17) is 10.5 Å². The Morgan fingerprint density at radius 2 is 1.76 bits per heavy atom. The molecule has 5 nitrogen and oxygen atoms in total. The molecule has 0 fully saturated rings. The number of ether oxygens (including phenoxy) is 1. The maximum absolute atomic E-state index is 13.8. The van der Waals surface area contributed by atoms with Crippen molar-refractivity contribution in [3.05, 3.63) is 54.1 Å². The number of halogens is 2. The summed E-state index contributed by atoms with van der Waals surface area (Å²) in [5.74, 6) is -1.78. The molecule has 0 atom stereocenters. The third-order valence-electron chi connectivity index (χ3n) is 3.05. The van der Waals surface area contributed by atoms with E-state index < -0.39 is 27.4 Å². The van der Waals surface area contributed by atoms with Crippen LogP contribution in [0.3, 0.4) is 0 Å². The van der Waals surface area contributed by atoms with E-state index in [-0.39, 0.29) is 24.6 Å². The lowest BCUT2D eigenvalue weighted by atomic mass is 10.3. The second kappa shape index (κ2) is 9.14. The number of sulfonamides is 1. The number of hydrogen-bond acceptors (Lipinski definition) is 5. The van der Waals surface area contributed by atoms with Crippen LogP contribution in [0.5, 0.6) is 5.75 Å². The molecule has 2 aromatic rings. The number of nitrogens with two attached hydrogens (primary N) is 1. The van der Waals surface area contributed by atoms with Gasteiger partial charge in [0.05, 0.1) is 4.90 Å². The Morgan fingerprint density at radius 1 is 1.12 bits per heavy atom. The molecular formula is C16H18F2N2O3S2. The SMILES string of the molecule is NCCOc1c(F)cc(SCCNS(=O)(=O)c2ccccc2)cc1F. The smallest absolute Gasteiger partial charge is 0.240 e. The first-order valence-corrected chi connectivity index (χ1v) is 9.90. The van der Waals surface area contributed by atoms with Gasteiger partial charge in [0.2, 0.25) is 10.0 Å². The number of thioether (sulfide) groups is 1. The predicted molar refractivity (Wildman–Crippen MR) is 93.3 cm³/mol. The molecule has 0 amide bonds. The summed E-state index contributed by atoms with van der Waals surface area (Å²) >= 11 is 1.13. The van der Waals surface area contributed by atoms with Gasteiger partial charge in [-0.3, -0.25) is 0 Å². The quantitative estimate of drug-likeness (QED) is 0.509. The van der Waals surface area contributed by atoms with Crippen LogP contribution in [-0.4, -0.2) is 33.9 Å². The lowest BCUT2D eigenvalue weighted by Crippen LogP contribution is -2.25. The van der Waals surface area contributed by atoms with Crippen molar-refractivity contribution in [1.82, 2.24) is 4.72 Å². The van der Waals surface area contributed by atoms with Crippen molar-refractivity contribution in [1.29, 1.82) is 0 Å². The van der Waals surface area contributed by atoms with E-state index in [1.54, 1.807) is 18.2 Å². The van der Waals surface area contributed by atoms with Crippen molar-refractivity contribution in [3.63, 3.8) is 0 Å². The molecule has 0 spiro atoms. The van der Waals surface area contributed by atoms with Gasteiger partial charge in [-0.05, 0) is 24.3 Å².